The molecule has 0 amide bonds. The Labute approximate surface area is 182 Å². The second-order valence-corrected chi connectivity index (χ2v) is 8.19. The van der Waals surface area contributed by atoms with Gasteiger partial charge in [-0.05, 0) is 85.0 Å². The molecule has 2 aromatic carbocycles. The fourth-order valence-corrected chi connectivity index (χ4v) is 4.34. The lowest BCUT2D eigenvalue weighted by atomic mass is 9.89. The van der Waals surface area contributed by atoms with Crippen LogP contribution in [0.5, 0.6) is 0 Å². The first-order valence-electron chi connectivity index (χ1n) is 11.2. The molecule has 0 atom stereocenters. The number of nitrogens with one attached hydrogen (secondary N) is 1. The molecule has 1 N–H and O–H groups in total. The number of piperidine rings is 1. The topological polar surface area (TPSA) is 15.3 Å². The van der Waals surface area contributed by atoms with Crippen molar-refractivity contribution in [2.24, 2.45) is 5.92 Å². The normalized spacial score (nSPS) is 16.1. The SMILES string of the molecule is C/C(=C\c1c(F)cc(-c2ccc3c(c2)=CCC=3)cc1N(C)C)C1CCNCC1.CC.[HH]. The fraction of sp³-hybridized carbons (Fsp3) is 0.407. The molecule has 30 heavy (non-hydrogen) atoms. The molecular formula is C27H37FN2. The molecule has 2 nitrogen and oxygen atoms in total. The number of anilines is 1. The highest BCUT2D eigenvalue weighted by Crippen LogP contribution is 2.33. The Bertz CT molecular complexity index is 1030. The summed E-state index contributed by atoms with van der Waals surface area (Å²) in [5.41, 5.74) is 4.91. The zero-order valence-corrected chi connectivity index (χ0v) is 19.1. The second kappa shape index (κ2) is 10.1. The van der Waals surface area contributed by atoms with Gasteiger partial charge in [-0.1, -0.05) is 49.8 Å². The van der Waals surface area contributed by atoms with E-state index >= 15 is 4.39 Å². The molecule has 0 bridgehead atoms. The van der Waals surface area contributed by atoms with Gasteiger partial charge in [0, 0.05) is 26.8 Å². The molecule has 0 unspecified atom stereocenters. The van der Waals surface area contributed by atoms with E-state index in [0.29, 0.717) is 11.5 Å². The standard InChI is InChI=1S/C25H29FN2.C2H6.H2/c1-17(18-9-11-27-12-10-18)13-23-24(26)15-22(16-25(23)28(2)3)21-8-7-19-5-4-6-20(19)14-21;1-2;/h5-8,13-16,18,27H,4,9-12H2,1-3H3;1-2H3;1H/b17-13+;;. The van der Waals surface area contributed by atoms with Crippen LogP contribution in [0.3, 0.4) is 0 Å². The molecule has 1 saturated heterocycles. The molecule has 0 spiro atoms. The summed E-state index contributed by atoms with van der Waals surface area (Å²) in [6.45, 7) is 8.24. The summed E-state index contributed by atoms with van der Waals surface area (Å²) in [4.78, 5) is 2.02. The minimum absolute atomic E-state index is 0. The lowest BCUT2D eigenvalue weighted by Gasteiger charge is -2.24. The monoisotopic (exact) mass is 408 g/mol. The molecule has 1 aliphatic heterocycles. The van der Waals surface area contributed by atoms with Crippen LogP contribution < -0.4 is 20.7 Å². The summed E-state index contributed by atoms with van der Waals surface area (Å²) >= 11 is 0. The summed E-state index contributed by atoms with van der Waals surface area (Å²) in [5, 5.41) is 5.92. The number of halogens is 1. The van der Waals surface area contributed by atoms with Gasteiger partial charge in [-0.25, -0.2) is 4.39 Å². The number of hydrogen-bond acceptors (Lipinski definition) is 2. The van der Waals surface area contributed by atoms with Gasteiger partial charge in [0.1, 0.15) is 5.82 Å². The van der Waals surface area contributed by atoms with E-state index in [4.69, 9.17) is 0 Å². The van der Waals surface area contributed by atoms with E-state index in [0.717, 1.165) is 49.2 Å². The van der Waals surface area contributed by atoms with Gasteiger partial charge in [-0.15, -0.1) is 0 Å². The molecule has 2 aliphatic rings. The summed E-state index contributed by atoms with van der Waals surface area (Å²) in [7, 11) is 3.97. The Hall–Kier alpha value is -2.39. The highest BCUT2D eigenvalue weighted by Gasteiger charge is 2.17. The molecule has 3 heteroatoms. The lowest BCUT2D eigenvalue weighted by molar-refractivity contribution is 0.421. The predicted molar refractivity (Wildman–Crippen MR) is 132 cm³/mol. The number of allylic oxidation sites excluding steroid dienone is 1. The smallest absolute Gasteiger partial charge is 0.133 e. The van der Waals surface area contributed by atoms with Gasteiger partial charge in [0.25, 0.3) is 0 Å². The van der Waals surface area contributed by atoms with Gasteiger partial charge >= 0.3 is 0 Å². The van der Waals surface area contributed by atoms with Crippen molar-refractivity contribution in [2.75, 3.05) is 32.1 Å². The van der Waals surface area contributed by atoms with Crippen LogP contribution in [0.1, 0.15) is 47.0 Å². The van der Waals surface area contributed by atoms with E-state index in [1.54, 1.807) is 6.07 Å². The minimum Gasteiger partial charge on any atom is -0.377 e. The van der Waals surface area contributed by atoms with Gasteiger partial charge < -0.3 is 10.2 Å². The molecular weight excluding hydrogens is 371 g/mol. The second-order valence-electron chi connectivity index (χ2n) is 8.19. The number of benzene rings is 2. The summed E-state index contributed by atoms with van der Waals surface area (Å²) < 4.78 is 15.3. The number of fused-ring (bicyclic) bond motifs is 1. The lowest BCUT2D eigenvalue weighted by Crippen LogP contribution is -2.28. The Morgan fingerprint density at radius 1 is 1.03 bits per heavy atom. The maximum absolute atomic E-state index is 15.3. The molecule has 4 rings (SSSR count). The molecule has 2 aromatic rings. The molecule has 0 radical (unpaired) electrons. The quantitative estimate of drug-likeness (QED) is 0.748. The minimum atomic E-state index is -0.148. The molecule has 1 aliphatic carbocycles. The van der Waals surface area contributed by atoms with E-state index in [2.05, 4.69) is 54.7 Å². The Morgan fingerprint density at radius 2 is 1.73 bits per heavy atom. The first-order valence-corrected chi connectivity index (χ1v) is 11.2. The third-order valence-corrected chi connectivity index (χ3v) is 6.04. The number of rotatable bonds is 4. The van der Waals surface area contributed by atoms with Crippen molar-refractivity contribution in [3.8, 4) is 11.1 Å². The summed E-state index contributed by atoms with van der Waals surface area (Å²) in [6, 6.07) is 10.2. The van der Waals surface area contributed by atoms with Crippen LogP contribution in [0.2, 0.25) is 0 Å². The van der Waals surface area contributed by atoms with Crippen LogP contribution in [-0.4, -0.2) is 27.2 Å². The maximum atomic E-state index is 15.3. The average Bonchev–Trinajstić information content (AvgIpc) is 3.24. The van der Waals surface area contributed by atoms with Crippen molar-refractivity contribution >= 4 is 23.9 Å². The van der Waals surface area contributed by atoms with Crippen LogP contribution >= 0.6 is 0 Å². The van der Waals surface area contributed by atoms with Crippen molar-refractivity contribution in [1.82, 2.24) is 5.32 Å². The van der Waals surface area contributed by atoms with Crippen molar-refractivity contribution in [1.29, 1.82) is 0 Å². The summed E-state index contributed by atoms with van der Waals surface area (Å²) in [5.74, 6) is 0.393. The molecule has 0 aromatic heterocycles. The third-order valence-electron chi connectivity index (χ3n) is 6.04. The van der Waals surface area contributed by atoms with E-state index in [1.165, 1.54) is 16.0 Å². The zero-order chi connectivity index (χ0) is 21.7. The highest BCUT2D eigenvalue weighted by atomic mass is 19.1. The van der Waals surface area contributed by atoms with Gasteiger partial charge in [-0.3, -0.25) is 0 Å². The summed E-state index contributed by atoms with van der Waals surface area (Å²) in [6.07, 6.45) is 9.75. The fourth-order valence-electron chi connectivity index (χ4n) is 4.34. The maximum Gasteiger partial charge on any atom is 0.133 e. The molecule has 162 valence electrons. The van der Waals surface area contributed by atoms with Crippen LogP contribution in [0.25, 0.3) is 29.4 Å². The van der Waals surface area contributed by atoms with Crippen LogP contribution in [0.4, 0.5) is 10.1 Å². The van der Waals surface area contributed by atoms with E-state index in [-0.39, 0.29) is 7.24 Å². The number of hydrogen-bond donors (Lipinski definition) is 1. The zero-order valence-electron chi connectivity index (χ0n) is 19.1. The molecule has 1 fully saturated rings. The van der Waals surface area contributed by atoms with Gasteiger partial charge in [-0.2, -0.15) is 0 Å². The Balaban J connectivity index is 0.00000111. The van der Waals surface area contributed by atoms with Crippen molar-refractivity contribution in [3.63, 3.8) is 0 Å². The van der Waals surface area contributed by atoms with Crippen LogP contribution in [-0.2, 0) is 0 Å². The van der Waals surface area contributed by atoms with Gasteiger partial charge in [0.15, 0.2) is 0 Å². The average molecular weight is 409 g/mol. The molecule has 1 heterocycles. The van der Waals surface area contributed by atoms with Crippen molar-refractivity contribution in [2.45, 2.75) is 40.0 Å². The van der Waals surface area contributed by atoms with Gasteiger partial charge in [0.05, 0.1) is 0 Å². The van der Waals surface area contributed by atoms with E-state index in [9.17, 15) is 0 Å². The first-order chi connectivity index (χ1) is 14.5. The largest absolute Gasteiger partial charge is 0.377 e. The van der Waals surface area contributed by atoms with Crippen LogP contribution in [0.15, 0.2) is 35.9 Å². The first kappa shape index (κ1) is 22.3. The molecule has 0 saturated carbocycles. The predicted octanol–water partition coefficient (Wildman–Crippen LogP) is 5.20. The van der Waals surface area contributed by atoms with Crippen LogP contribution in [0, 0.1) is 11.7 Å². The van der Waals surface area contributed by atoms with Crippen molar-refractivity contribution < 1.29 is 5.82 Å². The third kappa shape index (κ3) is 4.84. The number of nitrogens with zero attached hydrogens (tertiary/aromatic N) is 1. The Morgan fingerprint density at radius 3 is 2.43 bits per heavy atom. The Kier molecular flexibility index (Phi) is 7.49. The van der Waals surface area contributed by atoms with E-state index < -0.39 is 0 Å². The van der Waals surface area contributed by atoms with Gasteiger partial charge in [0.2, 0.25) is 0 Å². The highest BCUT2D eigenvalue weighted by molar-refractivity contribution is 5.77. The van der Waals surface area contributed by atoms with Crippen molar-refractivity contribution in [3.05, 3.63) is 57.7 Å². The van der Waals surface area contributed by atoms with E-state index in [1.807, 2.05) is 32.8 Å².